The quantitative estimate of drug-likeness (QED) is 0.896. The Hall–Kier alpha value is -2.18. The van der Waals surface area contributed by atoms with Crippen molar-refractivity contribution >= 4 is 17.7 Å². The van der Waals surface area contributed by atoms with Gasteiger partial charge in [0.1, 0.15) is 17.3 Å². The lowest BCUT2D eigenvalue weighted by atomic mass is 10.1. The zero-order chi connectivity index (χ0) is 15.3. The first-order chi connectivity index (χ1) is 9.19. The second-order valence-electron chi connectivity index (χ2n) is 5.10. The molecule has 1 aromatic carbocycles. The third-order valence-electron chi connectivity index (χ3n) is 2.04. The second kappa shape index (κ2) is 6.31. The van der Waals surface area contributed by atoms with Crippen LogP contribution in [0.1, 0.15) is 20.8 Å². The third kappa shape index (κ3) is 5.21. The Morgan fingerprint density at radius 1 is 1.20 bits per heavy atom. The normalized spacial score (nSPS) is 10.8. The molecule has 0 aromatic heterocycles. The van der Waals surface area contributed by atoms with E-state index in [-0.39, 0.29) is 0 Å². The molecule has 0 aliphatic rings. The van der Waals surface area contributed by atoms with Gasteiger partial charge in [0.2, 0.25) is 0 Å². The monoisotopic (exact) mass is 286 g/mol. The third-order valence-corrected chi connectivity index (χ3v) is 2.04. The SMILES string of the molecule is CC(C)(C)NC(=O)OCC(=O)Nc1c(F)cccc1F. The Bertz CT molecular complexity index is 493. The van der Waals surface area contributed by atoms with Gasteiger partial charge in [-0.05, 0) is 32.9 Å². The Morgan fingerprint density at radius 3 is 2.25 bits per heavy atom. The van der Waals surface area contributed by atoms with E-state index in [1.165, 1.54) is 6.07 Å². The molecule has 0 bridgehead atoms. The fourth-order valence-electron chi connectivity index (χ4n) is 1.27. The van der Waals surface area contributed by atoms with Crippen LogP contribution in [0.4, 0.5) is 19.3 Å². The highest BCUT2D eigenvalue weighted by Crippen LogP contribution is 2.17. The molecule has 0 heterocycles. The van der Waals surface area contributed by atoms with Gasteiger partial charge in [-0.15, -0.1) is 0 Å². The first-order valence-electron chi connectivity index (χ1n) is 5.88. The lowest BCUT2D eigenvalue weighted by molar-refractivity contribution is -0.119. The second-order valence-corrected chi connectivity index (χ2v) is 5.10. The number of benzene rings is 1. The van der Waals surface area contributed by atoms with Gasteiger partial charge in [0.05, 0.1) is 0 Å². The van der Waals surface area contributed by atoms with E-state index in [0.29, 0.717) is 0 Å². The van der Waals surface area contributed by atoms with Crippen molar-refractivity contribution in [3.63, 3.8) is 0 Å². The Kier molecular flexibility index (Phi) is 5.01. The molecule has 0 fully saturated rings. The number of amides is 2. The van der Waals surface area contributed by atoms with Crippen molar-refractivity contribution in [3.8, 4) is 0 Å². The van der Waals surface area contributed by atoms with Crippen LogP contribution < -0.4 is 10.6 Å². The summed E-state index contributed by atoms with van der Waals surface area (Å²) in [4.78, 5) is 22.7. The number of rotatable bonds is 3. The highest BCUT2D eigenvalue weighted by atomic mass is 19.1. The van der Waals surface area contributed by atoms with Gasteiger partial charge >= 0.3 is 6.09 Å². The molecule has 1 rings (SSSR count). The van der Waals surface area contributed by atoms with Crippen LogP contribution in [0.3, 0.4) is 0 Å². The zero-order valence-electron chi connectivity index (χ0n) is 11.4. The van der Waals surface area contributed by atoms with Gasteiger partial charge in [-0.1, -0.05) is 6.07 Å². The maximum atomic E-state index is 13.3. The van der Waals surface area contributed by atoms with E-state index in [4.69, 9.17) is 0 Å². The zero-order valence-corrected chi connectivity index (χ0v) is 11.4. The van der Waals surface area contributed by atoms with Crippen LogP contribution >= 0.6 is 0 Å². The fraction of sp³-hybridized carbons (Fsp3) is 0.385. The number of carbonyl (C=O) groups is 2. The molecule has 1 aromatic rings. The number of anilines is 1. The first kappa shape index (κ1) is 15.9. The van der Waals surface area contributed by atoms with Crippen molar-refractivity contribution in [1.29, 1.82) is 0 Å². The number of ether oxygens (including phenoxy) is 1. The van der Waals surface area contributed by atoms with Gasteiger partial charge < -0.3 is 15.4 Å². The Morgan fingerprint density at radius 2 is 1.75 bits per heavy atom. The molecule has 0 saturated carbocycles. The molecule has 7 heteroatoms. The Balaban J connectivity index is 2.51. The summed E-state index contributed by atoms with van der Waals surface area (Å²) in [7, 11) is 0. The minimum atomic E-state index is -0.905. The number of carbonyl (C=O) groups excluding carboxylic acids is 2. The minimum absolute atomic E-state index is 0.509. The van der Waals surface area contributed by atoms with Gasteiger partial charge in [0, 0.05) is 5.54 Å². The van der Waals surface area contributed by atoms with Crippen molar-refractivity contribution in [1.82, 2.24) is 5.32 Å². The van der Waals surface area contributed by atoms with Crippen molar-refractivity contribution in [2.24, 2.45) is 0 Å². The van der Waals surface area contributed by atoms with E-state index in [9.17, 15) is 18.4 Å². The maximum Gasteiger partial charge on any atom is 0.408 e. The van der Waals surface area contributed by atoms with Crippen molar-refractivity contribution in [2.45, 2.75) is 26.3 Å². The summed E-state index contributed by atoms with van der Waals surface area (Å²) in [6, 6.07) is 3.19. The smallest absolute Gasteiger partial charge is 0.408 e. The number of nitrogens with one attached hydrogen (secondary N) is 2. The van der Waals surface area contributed by atoms with Crippen LogP contribution in [0.25, 0.3) is 0 Å². The first-order valence-corrected chi connectivity index (χ1v) is 5.88. The molecule has 0 aliphatic carbocycles. The molecule has 2 N–H and O–H groups in total. The topological polar surface area (TPSA) is 67.4 Å². The molecule has 0 atom stereocenters. The summed E-state index contributed by atoms with van der Waals surface area (Å²) in [6.45, 7) is 4.57. The predicted octanol–water partition coefficient (Wildman–Crippen LogP) is 2.43. The number of hydrogen-bond donors (Lipinski definition) is 2. The molecule has 2 amide bonds. The van der Waals surface area contributed by atoms with Crippen LogP contribution in [0.2, 0.25) is 0 Å². The van der Waals surface area contributed by atoms with Gasteiger partial charge in [-0.2, -0.15) is 0 Å². The molecule has 20 heavy (non-hydrogen) atoms. The van der Waals surface area contributed by atoms with E-state index in [1.807, 2.05) is 5.32 Å². The van der Waals surface area contributed by atoms with Crippen molar-refractivity contribution < 1.29 is 23.1 Å². The van der Waals surface area contributed by atoms with E-state index >= 15 is 0 Å². The van der Waals surface area contributed by atoms with Crippen LogP contribution in [0.5, 0.6) is 0 Å². The lowest BCUT2D eigenvalue weighted by Gasteiger charge is -2.19. The lowest BCUT2D eigenvalue weighted by Crippen LogP contribution is -2.41. The van der Waals surface area contributed by atoms with Crippen molar-refractivity contribution in [2.75, 3.05) is 11.9 Å². The summed E-state index contributed by atoms with van der Waals surface area (Å²) in [6.07, 6.45) is -0.790. The molecule has 0 unspecified atom stereocenters. The van der Waals surface area contributed by atoms with Gasteiger partial charge in [-0.3, -0.25) is 4.79 Å². The van der Waals surface area contributed by atoms with E-state index in [0.717, 1.165) is 12.1 Å². The van der Waals surface area contributed by atoms with E-state index in [1.54, 1.807) is 20.8 Å². The molecule has 5 nitrogen and oxygen atoms in total. The Labute approximate surface area is 115 Å². The highest BCUT2D eigenvalue weighted by Gasteiger charge is 2.17. The molecule has 0 saturated heterocycles. The van der Waals surface area contributed by atoms with Crippen LogP contribution in [-0.4, -0.2) is 24.1 Å². The van der Waals surface area contributed by atoms with Crippen LogP contribution in [0, 0.1) is 11.6 Å². The number of alkyl carbamates (subject to hydrolysis) is 1. The van der Waals surface area contributed by atoms with E-state index in [2.05, 4.69) is 10.1 Å². The summed E-state index contributed by atoms with van der Waals surface area (Å²) >= 11 is 0. The average molecular weight is 286 g/mol. The number of halogens is 2. The largest absolute Gasteiger partial charge is 0.439 e. The molecule has 0 aliphatic heterocycles. The molecule has 0 radical (unpaired) electrons. The summed E-state index contributed by atoms with van der Waals surface area (Å²) in [5.41, 5.74) is -1.08. The minimum Gasteiger partial charge on any atom is -0.439 e. The molecule has 0 spiro atoms. The molecule has 110 valence electrons. The van der Waals surface area contributed by atoms with Gasteiger partial charge in [-0.25, -0.2) is 13.6 Å². The maximum absolute atomic E-state index is 13.3. The predicted molar refractivity (Wildman–Crippen MR) is 69.2 cm³/mol. The van der Waals surface area contributed by atoms with Gasteiger partial charge in [0.25, 0.3) is 5.91 Å². The van der Waals surface area contributed by atoms with Crippen LogP contribution in [-0.2, 0) is 9.53 Å². The fourth-order valence-corrected chi connectivity index (χ4v) is 1.27. The standard InChI is InChI=1S/C13H16F2N2O3/c1-13(2,3)17-12(19)20-7-10(18)16-11-8(14)5-4-6-9(11)15/h4-6H,7H2,1-3H3,(H,16,18)(H,17,19). The van der Waals surface area contributed by atoms with E-state index < -0.39 is 41.5 Å². The summed E-state index contributed by atoms with van der Waals surface area (Å²) < 4.78 is 31.1. The molecular formula is C13H16F2N2O3. The number of para-hydroxylation sites is 1. The molecular weight excluding hydrogens is 270 g/mol. The summed E-state index contributed by atoms with van der Waals surface area (Å²) in [5, 5.41) is 4.47. The average Bonchev–Trinajstić information content (AvgIpc) is 2.29. The van der Waals surface area contributed by atoms with Gasteiger partial charge in [0.15, 0.2) is 6.61 Å². The highest BCUT2D eigenvalue weighted by molar-refractivity contribution is 5.92. The van der Waals surface area contributed by atoms with Crippen molar-refractivity contribution in [3.05, 3.63) is 29.8 Å². The number of hydrogen-bond acceptors (Lipinski definition) is 3. The van der Waals surface area contributed by atoms with Crippen LogP contribution in [0.15, 0.2) is 18.2 Å². The summed E-state index contributed by atoms with van der Waals surface area (Å²) in [5.74, 6) is -2.65.